The van der Waals surface area contributed by atoms with E-state index < -0.39 is 0 Å². The molecule has 5 rings (SSSR count). The minimum Gasteiger partial charge on any atom is -0.385 e. The van der Waals surface area contributed by atoms with Crippen molar-refractivity contribution in [2.24, 2.45) is 0 Å². The molecule has 0 amide bonds. The molecule has 7 heteroatoms. The summed E-state index contributed by atoms with van der Waals surface area (Å²) < 4.78 is 1.80. The van der Waals surface area contributed by atoms with Crippen molar-refractivity contribution >= 4 is 40.4 Å². The zero-order chi connectivity index (χ0) is 24.0. The largest absolute Gasteiger partial charge is 0.385 e. The van der Waals surface area contributed by atoms with E-state index in [1.54, 1.807) is 4.52 Å². The lowest BCUT2D eigenvalue weighted by Gasteiger charge is -2.06. The number of hydrogen-bond acceptors (Lipinski definition) is 5. The highest BCUT2D eigenvalue weighted by Gasteiger charge is 2.10. The average Bonchev–Trinajstić information content (AvgIpc) is 3.31. The van der Waals surface area contributed by atoms with Crippen molar-refractivity contribution < 1.29 is 4.79 Å². The lowest BCUT2D eigenvalue weighted by atomic mass is 10.1. The van der Waals surface area contributed by atoms with Gasteiger partial charge in [0.25, 0.3) is 0 Å². The highest BCUT2D eigenvalue weighted by atomic mass is 35.5. The molecular weight excluding hydrogens is 458 g/mol. The standard InChI is InChI=1S/C28H24ClN5O/c29-22-15-11-20(12-16-22)25-8-4-10-27-32-28(33-34(25)27)31-24-17-13-21(14-18-24)26(35)9-5-19-30-23-6-2-1-3-7-23/h1-4,6-8,10-18,30H,5,9,19H2,(H,31,33). The number of ketones is 1. The number of aromatic nitrogens is 3. The number of nitrogens with one attached hydrogen (secondary N) is 2. The number of pyridine rings is 1. The Morgan fingerprint density at radius 1 is 0.829 bits per heavy atom. The first-order chi connectivity index (χ1) is 17.2. The third-order valence-corrected chi connectivity index (χ3v) is 5.90. The third kappa shape index (κ3) is 5.50. The highest BCUT2D eigenvalue weighted by molar-refractivity contribution is 6.30. The number of anilines is 3. The molecule has 0 atom stereocenters. The first-order valence-electron chi connectivity index (χ1n) is 11.5. The molecule has 0 aliphatic rings. The topological polar surface area (TPSA) is 71.3 Å². The summed E-state index contributed by atoms with van der Waals surface area (Å²) in [6.45, 7) is 0.757. The van der Waals surface area contributed by atoms with E-state index in [0.717, 1.165) is 41.2 Å². The van der Waals surface area contributed by atoms with Crippen molar-refractivity contribution in [2.45, 2.75) is 12.8 Å². The van der Waals surface area contributed by atoms with E-state index in [0.29, 0.717) is 23.0 Å². The quantitative estimate of drug-likeness (QED) is 0.177. The summed E-state index contributed by atoms with van der Waals surface area (Å²) in [5.74, 6) is 0.613. The molecule has 174 valence electrons. The van der Waals surface area contributed by atoms with Gasteiger partial charge in [0.1, 0.15) is 0 Å². The smallest absolute Gasteiger partial charge is 0.247 e. The molecule has 3 aromatic carbocycles. The lowest BCUT2D eigenvalue weighted by molar-refractivity contribution is 0.0981. The van der Waals surface area contributed by atoms with Crippen LogP contribution in [0.15, 0.2) is 97.1 Å². The van der Waals surface area contributed by atoms with Gasteiger partial charge in [-0.25, -0.2) is 4.52 Å². The Morgan fingerprint density at radius 3 is 2.37 bits per heavy atom. The molecule has 2 N–H and O–H groups in total. The number of carbonyl (C=O) groups is 1. The minimum absolute atomic E-state index is 0.130. The molecule has 35 heavy (non-hydrogen) atoms. The molecular formula is C28H24ClN5O. The maximum absolute atomic E-state index is 12.6. The maximum Gasteiger partial charge on any atom is 0.247 e. The van der Waals surface area contributed by atoms with Crippen LogP contribution in [0.1, 0.15) is 23.2 Å². The molecule has 0 saturated carbocycles. The van der Waals surface area contributed by atoms with Gasteiger partial charge in [0.05, 0.1) is 5.69 Å². The van der Waals surface area contributed by atoms with Crippen molar-refractivity contribution in [1.29, 1.82) is 0 Å². The molecule has 0 fully saturated rings. The number of carbonyl (C=O) groups excluding carboxylic acids is 1. The van der Waals surface area contributed by atoms with E-state index in [2.05, 4.69) is 20.7 Å². The average molecular weight is 482 g/mol. The summed E-state index contributed by atoms with van der Waals surface area (Å²) >= 11 is 6.03. The Balaban J connectivity index is 1.21. The van der Waals surface area contributed by atoms with Gasteiger partial charge in [0.2, 0.25) is 5.95 Å². The van der Waals surface area contributed by atoms with Crippen molar-refractivity contribution in [1.82, 2.24) is 14.6 Å². The van der Waals surface area contributed by atoms with E-state index >= 15 is 0 Å². The Hall–Kier alpha value is -4.16. The molecule has 5 aromatic rings. The number of nitrogens with zero attached hydrogens (tertiary/aromatic N) is 3. The van der Waals surface area contributed by atoms with E-state index in [4.69, 9.17) is 11.6 Å². The Bertz CT molecular complexity index is 1430. The van der Waals surface area contributed by atoms with Gasteiger partial charge < -0.3 is 10.6 Å². The minimum atomic E-state index is 0.130. The number of fused-ring (bicyclic) bond motifs is 1. The molecule has 6 nitrogen and oxygen atoms in total. The number of para-hydroxylation sites is 1. The van der Waals surface area contributed by atoms with Gasteiger partial charge in [0, 0.05) is 40.5 Å². The predicted molar refractivity (Wildman–Crippen MR) is 142 cm³/mol. The number of halogens is 1. The van der Waals surface area contributed by atoms with Crippen LogP contribution in [0, 0.1) is 0 Å². The van der Waals surface area contributed by atoms with Crippen molar-refractivity contribution in [3.63, 3.8) is 0 Å². The molecule has 2 heterocycles. The van der Waals surface area contributed by atoms with Crippen molar-refractivity contribution in [2.75, 3.05) is 17.2 Å². The number of benzene rings is 3. The zero-order valence-corrected chi connectivity index (χ0v) is 19.7. The van der Waals surface area contributed by atoms with E-state index in [-0.39, 0.29) is 5.78 Å². The van der Waals surface area contributed by atoms with Gasteiger partial charge >= 0.3 is 0 Å². The van der Waals surface area contributed by atoms with Gasteiger partial charge in [-0.1, -0.05) is 48.0 Å². The fourth-order valence-electron chi connectivity index (χ4n) is 3.85. The SMILES string of the molecule is O=C(CCCNc1ccccc1)c1ccc(Nc2nc3cccc(-c4ccc(Cl)cc4)n3n2)cc1. The molecule has 0 saturated heterocycles. The Kier molecular flexibility index (Phi) is 6.73. The van der Waals surface area contributed by atoms with E-state index in [1.807, 2.05) is 97.1 Å². The summed E-state index contributed by atoms with van der Waals surface area (Å²) in [6, 6.07) is 30.9. The predicted octanol–water partition coefficient (Wildman–Crippen LogP) is 6.87. The van der Waals surface area contributed by atoms with Crippen LogP contribution in [-0.2, 0) is 0 Å². The second-order valence-corrected chi connectivity index (χ2v) is 8.58. The molecule has 0 unspecified atom stereocenters. The van der Waals surface area contributed by atoms with Crippen LogP contribution in [0.2, 0.25) is 5.02 Å². The molecule has 0 bridgehead atoms. The highest BCUT2D eigenvalue weighted by Crippen LogP contribution is 2.24. The molecule has 0 radical (unpaired) electrons. The molecule has 0 spiro atoms. The van der Waals surface area contributed by atoms with Gasteiger partial charge in [-0.05, 0) is 67.1 Å². The summed E-state index contributed by atoms with van der Waals surface area (Å²) in [5, 5.41) is 11.9. The van der Waals surface area contributed by atoms with Crippen molar-refractivity contribution in [3.8, 4) is 11.3 Å². The first kappa shape index (κ1) is 22.6. The molecule has 0 aliphatic carbocycles. The van der Waals surface area contributed by atoms with Gasteiger partial charge in [-0.3, -0.25) is 4.79 Å². The van der Waals surface area contributed by atoms with Crippen LogP contribution in [0.3, 0.4) is 0 Å². The van der Waals surface area contributed by atoms with Crippen LogP contribution in [-0.4, -0.2) is 26.9 Å². The van der Waals surface area contributed by atoms with Crippen LogP contribution >= 0.6 is 11.6 Å². The van der Waals surface area contributed by atoms with E-state index in [9.17, 15) is 4.79 Å². The number of Topliss-reactive ketones (excluding diaryl/α,β-unsaturated/α-hetero) is 1. The normalized spacial score (nSPS) is 10.9. The second-order valence-electron chi connectivity index (χ2n) is 8.15. The lowest BCUT2D eigenvalue weighted by Crippen LogP contribution is -2.06. The summed E-state index contributed by atoms with van der Waals surface area (Å²) in [4.78, 5) is 17.1. The van der Waals surface area contributed by atoms with Gasteiger partial charge in [-0.2, -0.15) is 4.98 Å². The summed E-state index contributed by atoms with van der Waals surface area (Å²) in [6.07, 6.45) is 1.27. The maximum atomic E-state index is 12.6. The van der Waals surface area contributed by atoms with Crippen LogP contribution in [0.25, 0.3) is 16.9 Å². The fraction of sp³-hybridized carbons (Fsp3) is 0.107. The zero-order valence-electron chi connectivity index (χ0n) is 19.0. The number of rotatable bonds is 9. The van der Waals surface area contributed by atoms with Gasteiger partial charge in [-0.15, -0.1) is 5.10 Å². The van der Waals surface area contributed by atoms with Crippen molar-refractivity contribution in [3.05, 3.63) is 108 Å². The molecule has 0 aliphatic heterocycles. The first-order valence-corrected chi connectivity index (χ1v) is 11.8. The Labute approximate surface area is 208 Å². The van der Waals surface area contributed by atoms with Crippen LogP contribution in [0.5, 0.6) is 0 Å². The second kappa shape index (κ2) is 10.4. The van der Waals surface area contributed by atoms with Crippen LogP contribution < -0.4 is 10.6 Å². The number of hydrogen-bond donors (Lipinski definition) is 2. The Morgan fingerprint density at radius 2 is 1.60 bits per heavy atom. The molecule has 2 aromatic heterocycles. The summed E-state index contributed by atoms with van der Waals surface area (Å²) in [7, 11) is 0. The van der Waals surface area contributed by atoms with E-state index in [1.165, 1.54) is 0 Å². The third-order valence-electron chi connectivity index (χ3n) is 5.65. The summed E-state index contributed by atoms with van der Waals surface area (Å²) in [5.41, 5.74) is 5.23. The monoisotopic (exact) mass is 481 g/mol. The van der Waals surface area contributed by atoms with Crippen LogP contribution in [0.4, 0.5) is 17.3 Å². The van der Waals surface area contributed by atoms with Gasteiger partial charge in [0.15, 0.2) is 11.4 Å². The fourth-order valence-corrected chi connectivity index (χ4v) is 3.97.